The Bertz CT molecular complexity index is 824. The minimum atomic E-state index is -0.0381. The van der Waals surface area contributed by atoms with E-state index in [0.29, 0.717) is 17.4 Å². The minimum Gasteiger partial charge on any atom is -0.453 e. The van der Waals surface area contributed by atoms with Gasteiger partial charge in [-0.2, -0.15) is 0 Å². The van der Waals surface area contributed by atoms with Crippen LogP contribution in [0.1, 0.15) is 31.9 Å². The monoisotopic (exact) mass is 383 g/mol. The Balaban J connectivity index is 0.00000261. The third-order valence-electron chi connectivity index (χ3n) is 4.55. The van der Waals surface area contributed by atoms with Gasteiger partial charge < -0.3 is 15.2 Å². The van der Waals surface area contributed by atoms with Crippen LogP contribution in [0.4, 0.5) is 0 Å². The van der Waals surface area contributed by atoms with E-state index in [1.165, 1.54) is 0 Å². The first-order chi connectivity index (χ1) is 12.7. The highest BCUT2D eigenvalue weighted by atomic mass is 35.5. The van der Waals surface area contributed by atoms with E-state index in [4.69, 9.17) is 15.2 Å². The van der Waals surface area contributed by atoms with E-state index in [2.05, 4.69) is 13.8 Å². The van der Waals surface area contributed by atoms with Gasteiger partial charge in [-0.15, -0.1) is 12.4 Å². The summed E-state index contributed by atoms with van der Waals surface area (Å²) in [7, 11) is 0. The van der Waals surface area contributed by atoms with Gasteiger partial charge in [0.2, 0.25) is 0 Å². The number of para-hydroxylation sites is 2. The standard InChI is InChI=1S/C23H25NO2.ClH/c1-3-17(2)23(24)18-14-15-21(25-19-10-6-4-7-11-19)22(16-18)26-20-12-8-5-9-13-20;/h4-17,23H,3,24H2,1-2H3;1H/t17?,23-;/m0./s1. The Kier molecular flexibility index (Phi) is 7.71. The molecule has 0 amide bonds. The minimum absolute atomic E-state index is 0. The highest BCUT2D eigenvalue weighted by molar-refractivity contribution is 5.85. The molecule has 2 atom stereocenters. The largest absolute Gasteiger partial charge is 0.453 e. The van der Waals surface area contributed by atoms with Crippen LogP contribution in [0.3, 0.4) is 0 Å². The molecule has 0 aliphatic rings. The molecule has 142 valence electrons. The number of nitrogens with two attached hydrogens (primary N) is 1. The lowest BCUT2D eigenvalue weighted by Crippen LogP contribution is -2.18. The van der Waals surface area contributed by atoms with Crippen LogP contribution in [-0.4, -0.2) is 0 Å². The van der Waals surface area contributed by atoms with Crippen LogP contribution in [0.15, 0.2) is 78.9 Å². The zero-order chi connectivity index (χ0) is 18.4. The number of rotatable bonds is 7. The lowest BCUT2D eigenvalue weighted by atomic mass is 9.93. The van der Waals surface area contributed by atoms with Crippen molar-refractivity contribution in [2.45, 2.75) is 26.3 Å². The normalized spacial score (nSPS) is 12.6. The highest BCUT2D eigenvalue weighted by Crippen LogP contribution is 2.37. The van der Waals surface area contributed by atoms with Gasteiger partial charge in [-0.1, -0.05) is 62.7 Å². The van der Waals surface area contributed by atoms with E-state index in [1.54, 1.807) is 0 Å². The molecular weight excluding hydrogens is 358 g/mol. The number of halogens is 1. The fourth-order valence-corrected chi connectivity index (χ4v) is 2.71. The third kappa shape index (κ3) is 5.49. The molecule has 3 rings (SSSR count). The first-order valence-corrected chi connectivity index (χ1v) is 9.02. The van der Waals surface area contributed by atoms with E-state index in [1.807, 2.05) is 78.9 Å². The number of hydrogen-bond acceptors (Lipinski definition) is 3. The van der Waals surface area contributed by atoms with E-state index in [-0.39, 0.29) is 18.4 Å². The number of ether oxygens (including phenoxy) is 2. The fraction of sp³-hybridized carbons (Fsp3) is 0.217. The Morgan fingerprint density at radius 2 is 1.30 bits per heavy atom. The molecule has 4 heteroatoms. The second-order valence-corrected chi connectivity index (χ2v) is 6.45. The smallest absolute Gasteiger partial charge is 0.170 e. The second-order valence-electron chi connectivity index (χ2n) is 6.45. The van der Waals surface area contributed by atoms with Crippen molar-refractivity contribution < 1.29 is 9.47 Å². The van der Waals surface area contributed by atoms with Gasteiger partial charge in [-0.25, -0.2) is 0 Å². The maximum atomic E-state index is 6.42. The SMILES string of the molecule is CCC(C)[C@H](N)c1ccc(Oc2ccccc2)c(Oc2ccccc2)c1.Cl. The molecule has 0 fully saturated rings. The molecule has 0 radical (unpaired) electrons. The molecule has 0 heterocycles. The van der Waals surface area contributed by atoms with Crippen LogP contribution in [0, 0.1) is 5.92 Å². The van der Waals surface area contributed by atoms with Gasteiger partial charge >= 0.3 is 0 Å². The summed E-state index contributed by atoms with van der Waals surface area (Å²) in [4.78, 5) is 0. The lowest BCUT2D eigenvalue weighted by molar-refractivity contribution is 0.413. The van der Waals surface area contributed by atoms with Crippen molar-refractivity contribution in [3.05, 3.63) is 84.4 Å². The molecule has 3 aromatic carbocycles. The summed E-state index contributed by atoms with van der Waals surface area (Å²) in [5.74, 6) is 3.25. The van der Waals surface area contributed by atoms with Crippen molar-refractivity contribution in [3.8, 4) is 23.0 Å². The summed E-state index contributed by atoms with van der Waals surface area (Å²) in [5, 5.41) is 0. The molecule has 3 nitrogen and oxygen atoms in total. The zero-order valence-corrected chi connectivity index (χ0v) is 16.5. The van der Waals surface area contributed by atoms with Crippen molar-refractivity contribution >= 4 is 12.4 Å². The molecule has 0 aromatic heterocycles. The molecule has 1 unspecified atom stereocenters. The van der Waals surface area contributed by atoms with Crippen LogP contribution in [0.5, 0.6) is 23.0 Å². The van der Waals surface area contributed by atoms with Gasteiger partial charge in [0.15, 0.2) is 11.5 Å². The van der Waals surface area contributed by atoms with Crippen molar-refractivity contribution in [2.24, 2.45) is 11.7 Å². The van der Waals surface area contributed by atoms with Gasteiger partial charge in [0.1, 0.15) is 11.5 Å². The lowest BCUT2D eigenvalue weighted by Gasteiger charge is -2.21. The topological polar surface area (TPSA) is 44.5 Å². The third-order valence-corrected chi connectivity index (χ3v) is 4.55. The van der Waals surface area contributed by atoms with Crippen LogP contribution >= 0.6 is 12.4 Å². The van der Waals surface area contributed by atoms with Crippen LogP contribution in [0.2, 0.25) is 0 Å². The average molecular weight is 384 g/mol. The summed E-state index contributed by atoms with van der Waals surface area (Å²) < 4.78 is 12.1. The van der Waals surface area contributed by atoms with E-state index in [0.717, 1.165) is 23.5 Å². The maximum absolute atomic E-state index is 6.42. The Hall–Kier alpha value is -2.49. The Morgan fingerprint density at radius 3 is 1.81 bits per heavy atom. The molecule has 0 bridgehead atoms. The van der Waals surface area contributed by atoms with Crippen molar-refractivity contribution in [1.29, 1.82) is 0 Å². The first kappa shape index (κ1) is 20.8. The van der Waals surface area contributed by atoms with Gasteiger partial charge in [-0.3, -0.25) is 0 Å². The summed E-state index contributed by atoms with van der Waals surface area (Å²) in [6, 6.07) is 25.3. The van der Waals surface area contributed by atoms with Gasteiger partial charge in [0.05, 0.1) is 0 Å². The molecule has 0 saturated heterocycles. The number of benzene rings is 3. The van der Waals surface area contributed by atoms with Gasteiger partial charge in [0, 0.05) is 6.04 Å². The highest BCUT2D eigenvalue weighted by Gasteiger charge is 2.17. The van der Waals surface area contributed by atoms with Crippen molar-refractivity contribution in [2.75, 3.05) is 0 Å². The summed E-state index contributed by atoms with van der Waals surface area (Å²) in [6.45, 7) is 4.32. The molecule has 3 aromatic rings. The fourth-order valence-electron chi connectivity index (χ4n) is 2.71. The van der Waals surface area contributed by atoms with Crippen molar-refractivity contribution in [1.82, 2.24) is 0 Å². The van der Waals surface area contributed by atoms with E-state index in [9.17, 15) is 0 Å². The number of hydrogen-bond donors (Lipinski definition) is 1. The molecule has 2 N–H and O–H groups in total. The van der Waals surface area contributed by atoms with Gasteiger partial charge in [-0.05, 0) is 47.9 Å². The predicted molar refractivity (Wildman–Crippen MR) is 113 cm³/mol. The summed E-state index contributed by atoms with van der Waals surface area (Å²) in [6.07, 6.45) is 1.03. The van der Waals surface area contributed by atoms with E-state index >= 15 is 0 Å². The molecule has 0 aliphatic carbocycles. The van der Waals surface area contributed by atoms with E-state index < -0.39 is 0 Å². The predicted octanol–water partition coefficient (Wildman–Crippen LogP) is 6.74. The Morgan fingerprint density at radius 1 is 0.778 bits per heavy atom. The van der Waals surface area contributed by atoms with Crippen molar-refractivity contribution in [3.63, 3.8) is 0 Å². The van der Waals surface area contributed by atoms with Crippen LogP contribution < -0.4 is 15.2 Å². The summed E-state index contributed by atoms with van der Waals surface area (Å²) in [5.41, 5.74) is 7.46. The first-order valence-electron chi connectivity index (χ1n) is 9.02. The average Bonchev–Trinajstić information content (AvgIpc) is 2.69. The molecule has 0 spiro atoms. The van der Waals surface area contributed by atoms with Gasteiger partial charge in [0.25, 0.3) is 0 Å². The molecule has 0 aliphatic heterocycles. The zero-order valence-electron chi connectivity index (χ0n) is 15.7. The molecule has 0 saturated carbocycles. The molecule has 27 heavy (non-hydrogen) atoms. The second kappa shape index (κ2) is 10.0. The molecular formula is C23H26ClNO2. The maximum Gasteiger partial charge on any atom is 0.170 e. The van der Waals surface area contributed by atoms with Crippen LogP contribution in [-0.2, 0) is 0 Å². The van der Waals surface area contributed by atoms with Crippen LogP contribution in [0.25, 0.3) is 0 Å². The Labute approximate surface area is 167 Å². The quantitative estimate of drug-likeness (QED) is 0.491. The summed E-state index contributed by atoms with van der Waals surface area (Å²) >= 11 is 0.